The zero-order valence-electron chi connectivity index (χ0n) is 11.3. The molecule has 1 aromatic rings. The lowest BCUT2D eigenvalue weighted by Gasteiger charge is -2.35. The third-order valence-corrected chi connectivity index (χ3v) is 6.19. The highest BCUT2D eigenvalue weighted by atomic mass is 79.9. The molecule has 20 heavy (non-hydrogen) atoms. The van der Waals surface area contributed by atoms with Crippen LogP contribution in [0.2, 0.25) is 0 Å². The highest BCUT2D eigenvalue weighted by Gasteiger charge is 2.32. The Hall–Kier alpha value is 0.0500. The molecule has 4 nitrogen and oxygen atoms in total. The Balaban J connectivity index is 2.19. The molecule has 7 heteroatoms. The molecule has 0 saturated carbocycles. The van der Waals surface area contributed by atoms with Gasteiger partial charge in [-0.25, -0.2) is 13.1 Å². The number of hydrogen-bond acceptors (Lipinski definition) is 3. The molecule has 2 rings (SSSR count). The van der Waals surface area contributed by atoms with Gasteiger partial charge < -0.3 is 4.74 Å². The van der Waals surface area contributed by atoms with Crippen LogP contribution in [-0.2, 0) is 14.8 Å². The van der Waals surface area contributed by atoms with E-state index >= 15 is 0 Å². The van der Waals surface area contributed by atoms with Crippen molar-refractivity contribution in [3.63, 3.8) is 0 Å². The summed E-state index contributed by atoms with van der Waals surface area (Å²) in [6.07, 6.45) is 1.36. The fourth-order valence-corrected chi connectivity index (χ4v) is 5.32. The standard InChI is InChI=1S/C13H17Br2NO3S/c1-13(2)8-10(5-6-19-13)16-20(17,18)12-4-3-9(14)7-11(12)15/h3-4,7,10,16H,5-6,8H2,1-2H3. The van der Waals surface area contributed by atoms with Crippen molar-refractivity contribution >= 4 is 41.9 Å². The topological polar surface area (TPSA) is 55.4 Å². The van der Waals surface area contributed by atoms with Crippen LogP contribution >= 0.6 is 31.9 Å². The Kier molecular flexibility index (Phi) is 4.96. The van der Waals surface area contributed by atoms with Gasteiger partial charge >= 0.3 is 0 Å². The second-order valence-electron chi connectivity index (χ2n) is 5.49. The molecule has 112 valence electrons. The van der Waals surface area contributed by atoms with Crippen molar-refractivity contribution < 1.29 is 13.2 Å². The molecule has 1 saturated heterocycles. The van der Waals surface area contributed by atoms with E-state index in [1.807, 2.05) is 13.8 Å². The van der Waals surface area contributed by atoms with Gasteiger partial charge in [0.05, 0.1) is 10.5 Å². The smallest absolute Gasteiger partial charge is 0.241 e. The molecule has 0 radical (unpaired) electrons. The van der Waals surface area contributed by atoms with Gasteiger partial charge in [-0.15, -0.1) is 0 Å². The summed E-state index contributed by atoms with van der Waals surface area (Å²) in [7, 11) is -3.53. The van der Waals surface area contributed by atoms with Gasteiger partial charge in [0.2, 0.25) is 10.0 Å². The second kappa shape index (κ2) is 6.04. The van der Waals surface area contributed by atoms with Gasteiger partial charge in [-0.05, 0) is 60.8 Å². The molecule has 1 aromatic carbocycles. The van der Waals surface area contributed by atoms with Crippen molar-refractivity contribution in [3.8, 4) is 0 Å². The molecule has 1 aliphatic rings. The normalized spacial score (nSPS) is 22.7. The number of sulfonamides is 1. The summed E-state index contributed by atoms with van der Waals surface area (Å²) in [4.78, 5) is 0.255. The summed E-state index contributed by atoms with van der Waals surface area (Å²) < 4.78 is 34.6. The summed E-state index contributed by atoms with van der Waals surface area (Å²) in [6, 6.07) is 4.93. The van der Waals surface area contributed by atoms with Gasteiger partial charge in [-0.3, -0.25) is 0 Å². The Morgan fingerprint density at radius 2 is 2.05 bits per heavy atom. The summed E-state index contributed by atoms with van der Waals surface area (Å²) >= 11 is 6.61. The second-order valence-corrected chi connectivity index (χ2v) is 8.95. The van der Waals surface area contributed by atoms with E-state index < -0.39 is 10.0 Å². The van der Waals surface area contributed by atoms with E-state index in [1.165, 1.54) is 0 Å². The van der Waals surface area contributed by atoms with Crippen LogP contribution in [0, 0.1) is 0 Å². The molecule has 1 aliphatic heterocycles. The minimum absolute atomic E-state index is 0.0979. The van der Waals surface area contributed by atoms with E-state index in [0.29, 0.717) is 23.9 Å². The number of rotatable bonds is 3. The van der Waals surface area contributed by atoms with Gasteiger partial charge in [0.15, 0.2) is 0 Å². The molecule has 0 amide bonds. The summed E-state index contributed by atoms with van der Waals surface area (Å²) in [5.41, 5.74) is -0.289. The van der Waals surface area contributed by atoms with E-state index in [0.717, 1.165) is 4.47 Å². The molecule has 1 unspecified atom stereocenters. The maximum Gasteiger partial charge on any atom is 0.241 e. The molecular formula is C13H17Br2NO3S. The Bertz CT molecular complexity index is 602. The van der Waals surface area contributed by atoms with E-state index in [9.17, 15) is 8.42 Å². The number of halogens is 2. The van der Waals surface area contributed by atoms with Gasteiger partial charge in [0, 0.05) is 21.6 Å². The molecule has 0 aliphatic carbocycles. The summed E-state index contributed by atoms with van der Waals surface area (Å²) in [5, 5.41) is 0. The van der Waals surface area contributed by atoms with Crippen LogP contribution in [-0.4, -0.2) is 26.7 Å². The van der Waals surface area contributed by atoms with E-state index in [4.69, 9.17) is 4.74 Å². The number of ether oxygens (including phenoxy) is 1. The first-order valence-corrected chi connectivity index (χ1v) is 9.38. The Morgan fingerprint density at radius 3 is 2.65 bits per heavy atom. The summed E-state index contributed by atoms with van der Waals surface area (Å²) in [6.45, 7) is 4.52. The van der Waals surface area contributed by atoms with Crippen LogP contribution in [0.3, 0.4) is 0 Å². The minimum Gasteiger partial charge on any atom is -0.375 e. The van der Waals surface area contributed by atoms with E-state index in [-0.39, 0.29) is 16.5 Å². The van der Waals surface area contributed by atoms with Crippen LogP contribution in [0.4, 0.5) is 0 Å². The fraction of sp³-hybridized carbons (Fsp3) is 0.538. The first-order chi connectivity index (χ1) is 9.20. The highest BCUT2D eigenvalue weighted by Crippen LogP contribution is 2.28. The monoisotopic (exact) mass is 425 g/mol. The van der Waals surface area contributed by atoms with Gasteiger partial charge in [0.25, 0.3) is 0 Å². The Morgan fingerprint density at radius 1 is 1.35 bits per heavy atom. The molecule has 1 heterocycles. The lowest BCUT2D eigenvalue weighted by Crippen LogP contribution is -2.45. The first-order valence-electron chi connectivity index (χ1n) is 6.31. The molecule has 0 spiro atoms. The van der Waals surface area contributed by atoms with Gasteiger partial charge in [0.1, 0.15) is 0 Å². The predicted octanol–water partition coefficient (Wildman–Crippen LogP) is 3.45. The number of nitrogens with one attached hydrogen (secondary N) is 1. The zero-order valence-corrected chi connectivity index (χ0v) is 15.3. The maximum atomic E-state index is 12.4. The van der Waals surface area contributed by atoms with Crippen molar-refractivity contribution in [2.45, 2.75) is 43.2 Å². The largest absolute Gasteiger partial charge is 0.375 e. The van der Waals surface area contributed by atoms with Gasteiger partial charge in [-0.1, -0.05) is 15.9 Å². The van der Waals surface area contributed by atoms with Crippen LogP contribution in [0.15, 0.2) is 32.0 Å². The minimum atomic E-state index is -3.53. The molecule has 1 atom stereocenters. The molecule has 0 bridgehead atoms. The third kappa shape index (κ3) is 4.04. The van der Waals surface area contributed by atoms with Crippen molar-refractivity contribution in [2.24, 2.45) is 0 Å². The van der Waals surface area contributed by atoms with Crippen LogP contribution < -0.4 is 4.72 Å². The lowest BCUT2D eigenvalue weighted by atomic mass is 9.95. The third-order valence-electron chi connectivity index (χ3n) is 3.20. The zero-order chi connectivity index (χ0) is 15.0. The first kappa shape index (κ1) is 16.4. The van der Waals surface area contributed by atoms with Crippen LogP contribution in [0.1, 0.15) is 26.7 Å². The van der Waals surface area contributed by atoms with E-state index in [2.05, 4.69) is 36.6 Å². The average Bonchev–Trinajstić information content (AvgIpc) is 2.25. The van der Waals surface area contributed by atoms with Crippen molar-refractivity contribution in [1.82, 2.24) is 4.72 Å². The Labute approximate surface area is 136 Å². The average molecular weight is 427 g/mol. The van der Waals surface area contributed by atoms with E-state index in [1.54, 1.807) is 18.2 Å². The predicted molar refractivity (Wildman–Crippen MR) is 85.2 cm³/mol. The molecule has 1 fully saturated rings. The van der Waals surface area contributed by atoms with Crippen molar-refractivity contribution in [2.75, 3.05) is 6.61 Å². The lowest BCUT2D eigenvalue weighted by molar-refractivity contribution is -0.0599. The van der Waals surface area contributed by atoms with Crippen LogP contribution in [0.25, 0.3) is 0 Å². The van der Waals surface area contributed by atoms with Crippen molar-refractivity contribution in [3.05, 3.63) is 27.1 Å². The molecular weight excluding hydrogens is 410 g/mol. The highest BCUT2D eigenvalue weighted by molar-refractivity contribution is 9.11. The molecule has 1 N–H and O–H groups in total. The quantitative estimate of drug-likeness (QED) is 0.805. The van der Waals surface area contributed by atoms with Gasteiger partial charge in [-0.2, -0.15) is 0 Å². The number of hydrogen-bond donors (Lipinski definition) is 1. The number of benzene rings is 1. The summed E-state index contributed by atoms with van der Waals surface area (Å²) in [5.74, 6) is 0. The van der Waals surface area contributed by atoms with Crippen LogP contribution in [0.5, 0.6) is 0 Å². The SMILES string of the molecule is CC1(C)CC(NS(=O)(=O)c2ccc(Br)cc2Br)CCO1. The molecule has 0 aromatic heterocycles. The fourth-order valence-electron chi connectivity index (χ4n) is 2.31. The maximum absolute atomic E-state index is 12.4. The van der Waals surface area contributed by atoms with Crippen molar-refractivity contribution in [1.29, 1.82) is 0 Å².